The number of halogens is 1. The number of nitrogens with two attached hydrogens (primary N) is 1. The number of nitrogens with one attached hydrogen (secondary N) is 1. The Balaban J connectivity index is 1.21. The van der Waals surface area contributed by atoms with E-state index in [2.05, 4.69) is 37.5 Å². The second-order valence-electron chi connectivity index (χ2n) is 15.3. The highest BCUT2D eigenvalue weighted by Gasteiger charge is 2.66. The van der Waals surface area contributed by atoms with Crippen molar-refractivity contribution in [1.29, 1.82) is 0 Å². The van der Waals surface area contributed by atoms with Crippen LogP contribution in [0, 0.1) is 5.92 Å². The van der Waals surface area contributed by atoms with Crippen molar-refractivity contribution in [1.82, 2.24) is 4.90 Å². The number of aliphatic hydroxyl groups excluding tert-OH is 1. The molecule has 4 aromatic carbocycles. The van der Waals surface area contributed by atoms with Crippen LogP contribution in [-0.2, 0) is 26.5 Å². The van der Waals surface area contributed by atoms with Gasteiger partial charge in [-0.1, -0.05) is 61.1 Å². The van der Waals surface area contributed by atoms with E-state index in [0.29, 0.717) is 39.8 Å². The summed E-state index contributed by atoms with van der Waals surface area (Å²) in [5, 5.41) is 14.6. The fraction of sp³-hybridized carbons (Fsp3) is 0.357. The van der Waals surface area contributed by atoms with Crippen LogP contribution in [0.4, 0.5) is 17.1 Å². The maximum absolute atomic E-state index is 15.1. The van der Waals surface area contributed by atoms with Crippen molar-refractivity contribution < 1.29 is 29.0 Å². The minimum Gasteiger partial charge on any atom is -0.497 e. The molecule has 3 aliphatic heterocycles. The Morgan fingerprint density at radius 1 is 1.04 bits per heavy atom. The summed E-state index contributed by atoms with van der Waals surface area (Å²) in [7, 11) is -0.844. The molecule has 7 rings (SSSR count). The van der Waals surface area contributed by atoms with Gasteiger partial charge in [0.2, 0.25) is 5.91 Å². The first kappa shape index (κ1) is 37.6. The molecule has 3 heterocycles. The second kappa shape index (κ2) is 14.9. The van der Waals surface area contributed by atoms with Crippen LogP contribution in [0.3, 0.4) is 0 Å². The highest BCUT2D eigenvalue weighted by Crippen LogP contribution is 2.60. The van der Waals surface area contributed by atoms with Crippen LogP contribution in [0.1, 0.15) is 47.7 Å². The van der Waals surface area contributed by atoms with Gasteiger partial charge in [-0.2, -0.15) is 0 Å². The molecular formula is C42H47ClN4O6Si. The average Bonchev–Trinajstić information content (AvgIpc) is 3.83. The number of nitrogens with zero attached hydrogens (tertiary/aromatic N) is 2. The van der Waals surface area contributed by atoms with Crippen LogP contribution >= 0.6 is 11.6 Å². The molecule has 0 unspecified atom stereocenters. The van der Waals surface area contributed by atoms with E-state index in [0.717, 1.165) is 24.2 Å². The van der Waals surface area contributed by atoms with E-state index in [4.69, 9.17) is 26.8 Å². The van der Waals surface area contributed by atoms with Crippen molar-refractivity contribution in [2.75, 3.05) is 36.2 Å². The molecule has 4 aromatic rings. The minimum atomic E-state index is -2.49. The largest absolute Gasteiger partial charge is 0.497 e. The number of fused-ring (bicyclic) bond motifs is 2. The highest BCUT2D eigenvalue weighted by atomic mass is 35.5. The van der Waals surface area contributed by atoms with Gasteiger partial charge >= 0.3 is 0 Å². The lowest BCUT2D eigenvalue weighted by Crippen LogP contribution is -2.52. The number of ether oxygens (including phenoxy) is 2. The number of methoxy groups -OCH3 is 1. The first-order valence-corrected chi connectivity index (χ1v) is 21.9. The third-order valence-electron chi connectivity index (χ3n) is 11.8. The van der Waals surface area contributed by atoms with Gasteiger partial charge in [-0.25, -0.2) is 0 Å². The van der Waals surface area contributed by atoms with Crippen LogP contribution in [0.15, 0.2) is 91.0 Å². The summed E-state index contributed by atoms with van der Waals surface area (Å²) in [5.74, 6) is -0.0665. The van der Waals surface area contributed by atoms with E-state index in [-0.39, 0.29) is 54.8 Å². The van der Waals surface area contributed by atoms with Crippen molar-refractivity contribution in [2.45, 2.75) is 69.1 Å². The topological polar surface area (TPSA) is 134 Å². The number of anilines is 3. The Kier molecular flexibility index (Phi) is 10.4. The number of benzene rings is 4. The van der Waals surface area contributed by atoms with Crippen LogP contribution in [0.2, 0.25) is 23.7 Å². The molecule has 2 saturated heterocycles. The number of amides is 3. The van der Waals surface area contributed by atoms with Gasteiger partial charge < -0.3 is 35.4 Å². The van der Waals surface area contributed by atoms with E-state index in [1.165, 1.54) is 5.19 Å². The number of rotatable bonds is 10. The third kappa shape index (κ3) is 6.67. The second-order valence-corrected chi connectivity index (χ2v) is 20.4. The summed E-state index contributed by atoms with van der Waals surface area (Å²) < 4.78 is 12.6. The van der Waals surface area contributed by atoms with Gasteiger partial charge in [0.1, 0.15) is 5.75 Å². The standard InChI is InChI=1S/C42H47ClN4O6Si/c1-26-39(54(3,4)34-18-16-33(52-2)17-19-34)37(23-38(49)46-21-5-6-32(46)25-48)53-42(26)35-22-29(43)11-20-36(35)47(41(42)51)24-27-7-14-31(15-8-27)45-40(50)28-9-12-30(44)13-10-28/h7-20,22,26,32,37,39,48H,5-6,21,23-25,44H2,1-4H3,(H,45,50)/t26-,32-,37+,39-,42+/m0/s1. The number of carbonyl (C=O) groups is 3. The molecule has 12 heteroatoms. The molecule has 282 valence electrons. The maximum Gasteiger partial charge on any atom is 0.264 e. The Labute approximate surface area is 322 Å². The zero-order chi connectivity index (χ0) is 38.4. The number of nitrogen functional groups attached to an aromatic ring is 1. The predicted molar refractivity (Wildman–Crippen MR) is 214 cm³/mol. The first-order chi connectivity index (χ1) is 25.9. The molecule has 4 N–H and O–H groups in total. The number of hydrogen-bond donors (Lipinski definition) is 3. The molecule has 5 atom stereocenters. The van der Waals surface area contributed by atoms with E-state index < -0.39 is 19.8 Å². The van der Waals surface area contributed by atoms with Gasteiger partial charge in [0.15, 0.2) is 5.60 Å². The molecule has 3 aliphatic rings. The van der Waals surface area contributed by atoms with Crippen molar-refractivity contribution >= 4 is 59.6 Å². The Bertz CT molecular complexity index is 2040. The molecular weight excluding hydrogens is 720 g/mol. The number of carbonyl (C=O) groups excluding carboxylic acids is 3. The van der Waals surface area contributed by atoms with Crippen molar-refractivity contribution in [2.24, 2.45) is 5.92 Å². The SMILES string of the molecule is COc1ccc([Si](C)(C)[C@@H]2[C@@H](CC(=O)N3CCC[C@H]3CO)O[C@]3(C(=O)N(Cc4ccc(NC(=O)c5ccc(N)cc5)cc4)c4ccc(Cl)cc43)[C@H]2C)cc1. The van der Waals surface area contributed by atoms with Crippen molar-refractivity contribution in [3.63, 3.8) is 0 Å². The summed E-state index contributed by atoms with van der Waals surface area (Å²) in [5.41, 5.74) is 8.23. The zero-order valence-corrected chi connectivity index (χ0v) is 32.8. The van der Waals surface area contributed by atoms with Crippen molar-refractivity contribution in [3.8, 4) is 5.75 Å². The molecule has 54 heavy (non-hydrogen) atoms. The number of aliphatic hydroxyl groups is 1. The summed E-state index contributed by atoms with van der Waals surface area (Å²) in [6, 6.07) is 27.5. The van der Waals surface area contributed by atoms with Gasteiger partial charge in [0, 0.05) is 40.0 Å². The Morgan fingerprint density at radius 2 is 1.74 bits per heavy atom. The molecule has 0 saturated carbocycles. The normalized spacial score (nSPS) is 23.6. The van der Waals surface area contributed by atoms with E-state index in [9.17, 15) is 14.7 Å². The van der Waals surface area contributed by atoms with Crippen LogP contribution < -0.4 is 25.9 Å². The van der Waals surface area contributed by atoms with Gasteiger partial charge in [0.05, 0.1) is 52.6 Å². The van der Waals surface area contributed by atoms with Gasteiger partial charge in [-0.15, -0.1) is 0 Å². The molecule has 3 amide bonds. The summed E-state index contributed by atoms with van der Waals surface area (Å²) in [6.45, 7) is 7.43. The van der Waals surface area contributed by atoms with Crippen molar-refractivity contribution in [3.05, 3.63) is 113 Å². The molecule has 0 aromatic heterocycles. The predicted octanol–water partition coefficient (Wildman–Crippen LogP) is 6.32. The van der Waals surface area contributed by atoms with Gasteiger partial charge in [0.25, 0.3) is 11.8 Å². The maximum atomic E-state index is 15.1. The third-order valence-corrected chi connectivity index (χ3v) is 16.4. The molecule has 1 spiro atoms. The minimum absolute atomic E-state index is 0.0671. The average molecular weight is 767 g/mol. The quantitative estimate of drug-likeness (QED) is 0.127. The van der Waals surface area contributed by atoms with Gasteiger partial charge in [-0.05, 0) is 90.7 Å². The lowest BCUT2D eigenvalue weighted by Gasteiger charge is -2.37. The Hall–Kier alpha value is -4.68. The van der Waals surface area contributed by atoms with Crippen LogP contribution in [0.25, 0.3) is 0 Å². The van der Waals surface area contributed by atoms with Crippen LogP contribution in [0.5, 0.6) is 5.75 Å². The number of hydrogen-bond acceptors (Lipinski definition) is 7. The van der Waals surface area contributed by atoms with Gasteiger partial charge in [-0.3, -0.25) is 14.4 Å². The number of likely N-dealkylation sites (tertiary alicyclic amines) is 1. The zero-order valence-electron chi connectivity index (χ0n) is 31.1. The lowest BCUT2D eigenvalue weighted by molar-refractivity contribution is -0.150. The molecule has 10 nitrogen and oxygen atoms in total. The molecule has 0 aliphatic carbocycles. The fourth-order valence-electron chi connectivity index (χ4n) is 9.00. The van der Waals surface area contributed by atoms with E-state index >= 15 is 4.79 Å². The first-order valence-electron chi connectivity index (χ1n) is 18.5. The smallest absolute Gasteiger partial charge is 0.264 e. The van der Waals surface area contributed by atoms with E-state index in [1.54, 1.807) is 47.2 Å². The summed E-state index contributed by atoms with van der Waals surface area (Å²) in [4.78, 5) is 45.5. The molecule has 0 radical (unpaired) electrons. The molecule has 2 fully saturated rings. The summed E-state index contributed by atoms with van der Waals surface area (Å²) >= 11 is 6.68. The summed E-state index contributed by atoms with van der Waals surface area (Å²) in [6.07, 6.45) is 1.15. The lowest BCUT2D eigenvalue weighted by atomic mass is 9.82. The molecule has 0 bridgehead atoms. The highest BCUT2D eigenvalue weighted by molar-refractivity contribution is 6.91. The fourth-order valence-corrected chi connectivity index (χ4v) is 13.2. The van der Waals surface area contributed by atoms with E-state index in [1.807, 2.05) is 48.5 Å². The Morgan fingerprint density at radius 3 is 2.41 bits per heavy atom. The monoisotopic (exact) mass is 766 g/mol. The van der Waals surface area contributed by atoms with Crippen LogP contribution in [-0.4, -0.2) is 68.2 Å².